The lowest BCUT2D eigenvalue weighted by Gasteiger charge is -2.53. The van der Waals surface area contributed by atoms with Gasteiger partial charge in [0.1, 0.15) is 5.75 Å². The maximum absolute atomic E-state index is 7.18. The van der Waals surface area contributed by atoms with Gasteiger partial charge in [0.25, 0.3) is 0 Å². The molecule has 5 rings (SSSR count). The first-order valence-corrected chi connectivity index (χ1v) is 9.50. The first-order valence-electron chi connectivity index (χ1n) is 9.50. The lowest BCUT2D eigenvalue weighted by Crippen LogP contribution is -2.61. The molecule has 0 radical (unpaired) electrons. The molecular weight excluding hydrogens is 314 g/mol. The molecule has 1 aliphatic heterocycles. The highest BCUT2D eigenvalue weighted by Gasteiger charge is 2.69. The van der Waals surface area contributed by atoms with Crippen LogP contribution in [0, 0.1) is 5.41 Å². The van der Waals surface area contributed by atoms with Crippen molar-refractivity contribution in [3.8, 4) is 5.75 Å². The summed E-state index contributed by atoms with van der Waals surface area (Å²) >= 11 is 0. The molecule has 134 valence electrons. The van der Waals surface area contributed by atoms with Crippen molar-refractivity contribution in [3.05, 3.63) is 34.9 Å². The molecule has 1 saturated carbocycles. The lowest BCUT2D eigenvalue weighted by atomic mass is 9.57. The molecule has 3 aliphatic carbocycles. The normalized spacial score (nSPS) is 35.5. The molecule has 0 bridgehead atoms. The van der Waals surface area contributed by atoms with Crippen LogP contribution in [-0.2, 0) is 15.9 Å². The minimum absolute atomic E-state index is 0.140. The van der Waals surface area contributed by atoms with E-state index in [0.29, 0.717) is 13.2 Å². The van der Waals surface area contributed by atoms with Gasteiger partial charge in [-0.3, -0.25) is 0 Å². The third kappa shape index (κ3) is 1.83. The topological polar surface area (TPSA) is 53.7 Å². The monoisotopic (exact) mass is 341 g/mol. The second-order valence-electron chi connectivity index (χ2n) is 8.23. The Morgan fingerprint density at radius 1 is 1.04 bits per heavy atom. The molecule has 1 heterocycles. The number of benzene rings is 1. The van der Waals surface area contributed by atoms with Gasteiger partial charge < -0.3 is 19.9 Å². The number of nitrogens with two attached hydrogens (primary N) is 1. The molecule has 2 N–H and O–H groups in total. The van der Waals surface area contributed by atoms with Gasteiger partial charge in [-0.1, -0.05) is 13.0 Å². The van der Waals surface area contributed by atoms with Crippen molar-refractivity contribution in [3.63, 3.8) is 0 Å². The van der Waals surface area contributed by atoms with Crippen LogP contribution in [0.25, 0.3) is 5.57 Å². The zero-order valence-electron chi connectivity index (χ0n) is 15.2. The van der Waals surface area contributed by atoms with E-state index in [1.165, 1.54) is 22.3 Å². The van der Waals surface area contributed by atoms with Crippen molar-refractivity contribution in [2.75, 3.05) is 20.3 Å². The van der Waals surface area contributed by atoms with Crippen LogP contribution in [0.15, 0.2) is 23.8 Å². The molecule has 1 aromatic rings. The first kappa shape index (κ1) is 15.9. The number of ether oxygens (including phenoxy) is 3. The second kappa shape index (κ2) is 5.09. The molecule has 4 heteroatoms. The smallest absolute Gasteiger partial charge is 0.175 e. The molecule has 0 amide bonds. The highest BCUT2D eigenvalue weighted by Crippen LogP contribution is 2.65. The zero-order valence-corrected chi connectivity index (χ0v) is 15.2. The Kier molecular flexibility index (Phi) is 3.23. The summed E-state index contributed by atoms with van der Waals surface area (Å²) in [6.07, 6.45) is 6.01. The average molecular weight is 341 g/mol. The fourth-order valence-corrected chi connectivity index (χ4v) is 5.99. The van der Waals surface area contributed by atoms with Crippen molar-refractivity contribution >= 4 is 5.57 Å². The largest absolute Gasteiger partial charge is 0.497 e. The van der Waals surface area contributed by atoms with E-state index in [1.54, 1.807) is 7.11 Å². The van der Waals surface area contributed by atoms with E-state index in [9.17, 15) is 0 Å². The lowest BCUT2D eigenvalue weighted by molar-refractivity contribution is -0.227. The maximum atomic E-state index is 7.18. The van der Waals surface area contributed by atoms with Crippen LogP contribution in [0.4, 0.5) is 0 Å². The van der Waals surface area contributed by atoms with E-state index in [1.807, 2.05) is 0 Å². The molecule has 0 aromatic heterocycles. The molecule has 1 aromatic carbocycles. The minimum atomic E-state index is -0.472. The van der Waals surface area contributed by atoms with Crippen molar-refractivity contribution in [2.24, 2.45) is 11.1 Å². The van der Waals surface area contributed by atoms with Crippen LogP contribution < -0.4 is 10.5 Å². The van der Waals surface area contributed by atoms with Gasteiger partial charge in [0.05, 0.1) is 20.3 Å². The molecule has 2 atom stereocenters. The number of rotatable bonds is 1. The Hall–Kier alpha value is -1.36. The van der Waals surface area contributed by atoms with Gasteiger partial charge in [0.15, 0.2) is 5.79 Å². The molecule has 0 unspecified atom stereocenters. The number of hydrogen-bond donors (Lipinski definition) is 1. The molecule has 25 heavy (non-hydrogen) atoms. The SMILES string of the molecule is COc1ccc2c(c1)CCC1=C2CC[C@]2(C)C3(CC[C@@]12N)OCCO3. The highest BCUT2D eigenvalue weighted by atomic mass is 16.7. The van der Waals surface area contributed by atoms with Crippen molar-refractivity contribution in [2.45, 2.75) is 56.8 Å². The Morgan fingerprint density at radius 2 is 1.84 bits per heavy atom. The third-order valence-corrected chi connectivity index (χ3v) is 7.49. The zero-order chi connectivity index (χ0) is 17.3. The van der Waals surface area contributed by atoms with Gasteiger partial charge in [0.2, 0.25) is 0 Å². The van der Waals surface area contributed by atoms with Crippen LogP contribution >= 0.6 is 0 Å². The fourth-order valence-electron chi connectivity index (χ4n) is 5.99. The molecule has 1 saturated heterocycles. The molecule has 2 fully saturated rings. The third-order valence-electron chi connectivity index (χ3n) is 7.49. The van der Waals surface area contributed by atoms with Crippen LogP contribution in [0.1, 0.15) is 50.2 Å². The van der Waals surface area contributed by atoms with Crippen molar-refractivity contribution in [1.29, 1.82) is 0 Å². The molecular formula is C21H27NO3. The van der Waals surface area contributed by atoms with E-state index in [4.69, 9.17) is 19.9 Å². The second-order valence-corrected chi connectivity index (χ2v) is 8.23. The predicted molar refractivity (Wildman–Crippen MR) is 96.4 cm³/mol. The minimum Gasteiger partial charge on any atom is -0.497 e. The average Bonchev–Trinajstić information content (AvgIpc) is 3.20. The number of aryl methyl sites for hydroxylation is 1. The number of fused-ring (bicyclic) bond motifs is 5. The van der Waals surface area contributed by atoms with Gasteiger partial charge >= 0.3 is 0 Å². The first-order chi connectivity index (χ1) is 12.0. The summed E-state index contributed by atoms with van der Waals surface area (Å²) in [5.41, 5.74) is 12.4. The predicted octanol–water partition coefficient (Wildman–Crippen LogP) is 3.43. The van der Waals surface area contributed by atoms with E-state index in [-0.39, 0.29) is 11.0 Å². The van der Waals surface area contributed by atoms with Crippen LogP contribution in [0.3, 0.4) is 0 Å². The van der Waals surface area contributed by atoms with E-state index in [0.717, 1.165) is 44.3 Å². The van der Waals surface area contributed by atoms with Gasteiger partial charge in [-0.15, -0.1) is 0 Å². The highest BCUT2D eigenvalue weighted by molar-refractivity contribution is 5.77. The number of methoxy groups -OCH3 is 1. The maximum Gasteiger partial charge on any atom is 0.175 e. The van der Waals surface area contributed by atoms with Crippen LogP contribution in [0.5, 0.6) is 5.75 Å². The fraction of sp³-hybridized carbons (Fsp3) is 0.619. The number of hydrogen-bond acceptors (Lipinski definition) is 4. The Balaban J connectivity index is 1.63. The molecule has 1 spiro atoms. The summed E-state index contributed by atoms with van der Waals surface area (Å²) in [6, 6.07) is 6.49. The summed E-state index contributed by atoms with van der Waals surface area (Å²) in [4.78, 5) is 0. The van der Waals surface area contributed by atoms with Gasteiger partial charge in [-0.25, -0.2) is 0 Å². The summed E-state index contributed by atoms with van der Waals surface area (Å²) in [5.74, 6) is 0.471. The summed E-state index contributed by atoms with van der Waals surface area (Å²) in [6.45, 7) is 3.69. The van der Waals surface area contributed by atoms with Gasteiger partial charge in [-0.2, -0.15) is 0 Å². The summed E-state index contributed by atoms with van der Waals surface area (Å²) in [5, 5.41) is 0. The standard InChI is InChI=1S/C21H27NO3/c1-19-8-7-17-16-5-4-15(23-2)13-14(16)3-6-18(17)20(19,22)9-10-21(19)24-11-12-25-21/h4-5,13H,3,6-12,22H2,1-2H3/t19-,20+/m0/s1. The van der Waals surface area contributed by atoms with Crippen LogP contribution in [-0.4, -0.2) is 31.6 Å². The summed E-state index contributed by atoms with van der Waals surface area (Å²) < 4.78 is 17.8. The van der Waals surface area contributed by atoms with E-state index < -0.39 is 5.79 Å². The van der Waals surface area contributed by atoms with Crippen molar-refractivity contribution < 1.29 is 14.2 Å². The molecule has 4 nitrogen and oxygen atoms in total. The van der Waals surface area contributed by atoms with Crippen molar-refractivity contribution in [1.82, 2.24) is 0 Å². The Labute approximate surface area is 149 Å². The Morgan fingerprint density at radius 3 is 2.60 bits per heavy atom. The number of allylic oxidation sites excluding steroid dienone is 1. The summed E-state index contributed by atoms with van der Waals surface area (Å²) in [7, 11) is 1.73. The van der Waals surface area contributed by atoms with E-state index in [2.05, 4.69) is 25.1 Å². The van der Waals surface area contributed by atoms with Crippen LogP contribution in [0.2, 0.25) is 0 Å². The Bertz CT molecular complexity index is 764. The quantitative estimate of drug-likeness (QED) is 0.850. The van der Waals surface area contributed by atoms with Gasteiger partial charge in [0, 0.05) is 17.4 Å². The molecule has 4 aliphatic rings. The van der Waals surface area contributed by atoms with Gasteiger partial charge in [-0.05, 0) is 66.5 Å². The van der Waals surface area contributed by atoms with E-state index >= 15 is 0 Å².